The zero-order valence-corrected chi connectivity index (χ0v) is 19.3. The molecule has 6 nitrogen and oxygen atoms in total. The molecule has 0 saturated carbocycles. The van der Waals surface area contributed by atoms with Crippen LogP contribution in [0.15, 0.2) is 48.5 Å². The smallest absolute Gasteiger partial charge is 0.254 e. The van der Waals surface area contributed by atoms with Gasteiger partial charge < -0.3 is 19.1 Å². The van der Waals surface area contributed by atoms with E-state index >= 15 is 0 Å². The molecule has 33 heavy (non-hydrogen) atoms. The highest BCUT2D eigenvalue weighted by molar-refractivity contribution is 5.95. The van der Waals surface area contributed by atoms with E-state index in [2.05, 4.69) is 53.6 Å². The molecule has 1 saturated heterocycles. The van der Waals surface area contributed by atoms with Crippen molar-refractivity contribution >= 4 is 16.8 Å². The lowest BCUT2D eigenvalue weighted by molar-refractivity contribution is 0.0712. The van der Waals surface area contributed by atoms with Gasteiger partial charge in [-0.2, -0.15) is 5.26 Å². The lowest BCUT2D eigenvalue weighted by atomic mass is 10.1. The fraction of sp³-hybridized carbons (Fsp3) is 0.407. The van der Waals surface area contributed by atoms with Crippen LogP contribution in [0.3, 0.4) is 0 Å². The zero-order chi connectivity index (χ0) is 22.9. The predicted molar refractivity (Wildman–Crippen MR) is 128 cm³/mol. The molecule has 3 aromatic rings. The molecule has 1 aromatic heterocycles. The Bertz CT molecular complexity index is 1210. The first kappa shape index (κ1) is 21.5. The molecule has 170 valence electrons. The van der Waals surface area contributed by atoms with E-state index < -0.39 is 0 Å². The van der Waals surface area contributed by atoms with Gasteiger partial charge in [-0.3, -0.25) is 4.79 Å². The van der Waals surface area contributed by atoms with Crippen molar-refractivity contribution in [3.05, 3.63) is 65.4 Å². The second-order valence-electron chi connectivity index (χ2n) is 9.37. The molecule has 6 heteroatoms. The summed E-state index contributed by atoms with van der Waals surface area (Å²) in [4.78, 5) is 17.4. The molecule has 1 amide bonds. The summed E-state index contributed by atoms with van der Waals surface area (Å²) in [5, 5.41) is 10.3. The Hall–Kier alpha value is -3.30. The van der Waals surface area contributed by atoms with Crippen LogP contribution in [0.4, 0.5) is 0 Å². The number of nitriles is 1. The number of hydrogen-bond acceptors (Lipinski definition) is 4. The molecule has 0 bridgehead atoms. The van der Waals surface area contributed by atoms with Crippen molar-refractivity contribution in [2.75, 3.05) is 19.6 Å². The number of carbonyl (C=O) groups is 1. The number of benzene rings is 2. The second kappa shape index (κ2) is 8.92. The molecule has 3 heterocycles. The number of hydrogen-bond donors (Lipinski definition) is 0. The summed E-state index contributed by atoms with van der Waals surface area (Å²) in [5.74, 6) is 0.898. The van der Waals surface area contributed by atoms with Gasteiger partial charge in [0, 0.05) is 54.4 Å². The summed E-state index contributed by atoms with van der Waals surface area (Å²) in [6.45, 7) is 8.66. The number of aromatic nitrogens is 1. The van der Waals surface area contributed by atoms with Gasteiger partial charge in [0.1, 0.15) is 11.9 Å². The number of likely N-dealkylation sites (tertiary alicyclic amines) is 1. The van der Waals surface area contributed by atoms with Crippen molar-refractivity contribution in [3.63, 3.8) is 0 Å². The van der Waals surface area contributed by atoms with E-state index in [1.54, 1.807) is 24.3 Å². The Labute approximate surface area is 195 Å². The average molecular weight is 443 g/mol. The molecule has 0 atom stereocenters. The Morgan fingerprint density at radius 2 is 1.88 bits per heavy atom. The standard InChI is InChI=1S/C27H30N4O2/c1-19(2)29-10-8-24(9-11-29)33-25-6-7-26-22(16-25)15-23-18-30(12-13-31(23)26)27(32)21-5-3-4-20(14-21)17-28/h3-7,14-16,19,24H,8-13,18H2,1-2H3. The third kappa shape index (κ3) is 4.34. The lowest BCUT2D eigenvalue weighted by Crippen LogP contribution is -2.41. The van der Waals surface area contributed by atoms with Crippen molar-refractivity contribution in [2.24, 2.45) is 0 Å². The largest absolute Gasteiger partial charge is 0.490 e. The Morgan fingerprint density at radius 3 is 2.64 bits per heavy atom. The summed E-state index contributed by atoms with van der Waals surface area (Å²) in [6.07, 6.45) is 2.39. The van der Waals surface area contributed by atoms with Crippen LogP contribution in [-0.2, 0) is 13.1 Å². The van der Waals surface area contributed by atoms with E-state index in [0.717, 1.165) is 49.3 Å². The fourth-order valence-corrected chi connectivity index (χ4v) is 5.05. The molecule has 0 N–H and O–H groups in total. The number of rotatable bonds is 4. The van der Waals surface area contributed by atoms with Gasteiger partial charge in [-0.1, -0.05) is 6.07 Å². The molecular weight excluding hydrogens is 412 g/mol. The third-order valence-corrected chi connectivity index (χ3v) is 6.94. The number of carbonyl (C=O) groups excluding carboxylic acids is 1. The predicted octanol–water partition coefficient (Wildman–Crippen LogP) is 4.42. The molecule has 5 rings (SSSR count). The maximum atomic E-state index is 13.0. The van der Waals surface area contributed by atoms with Crippen molar-refractivity contribution in [1.29, 1.82) is 5.26 Å². The van der Waals surface area contributed by atoms with Crippen LogP contribution in [0.5, 0.6) is 5.75 Å². The minimum absolute atomic E-state index is 0.0274. The quantitative estimate of drug-likeness (QED) is 0.600. The van der Waals surface area contributed by atoms with Gasteiger partial charge >= 0.3 is 0 Å². The van der Waals surface area contributed by atoms with Crippen LogP contribution in [0.2, 0.25) is 0 Å². The molecule has 0 aliphatic carbocycles. The number of ether oxygens (including phenoxy) is 1. The maximum Gasteiger partial charge on any atom is 0.254 e. The average Bonchev–Trinajstić information content (AvgIpc) is 3.20. The van der Waals surface area contributed by atoms with Gasteiger partial charge in [0.15, 0.2) is 0 Å². The molecule has 2 aliphatic rings. The van der Waals surface area contributed by atoms with Crippen molar-refractivity contribution in [3.8, 4) is 11.8 Å². The number of fused-ring (bicyclic) bond motifs is 3. The summed E-state index contributed by atoms with van der Waals surface area (Å²) in [6, 6.07) is 18.2. The lowest BCUT2D eigenvalue weighted by Gasteiger charge is -2.34. The highest BCUT2D eigenvalue weighted by Crippen LogP contribution is 2.29. The first-order valence-corrected chi connectivity index (χ1v) is 11.8. The van der Waals surface area contributed by atoms with Gasteiger partial charge in [-0.15, -0.1) is 0 Å². The van der Waals surface area contributed by atoms with E-state index in [1.165, 1.54) is 5.52 Å². The molecule has 0 radical (unpaired) electrons. The van der Waals surface area contributed by atoms with Gasteiger partial charge in [0.25, 0.3) is 5.91 Å². The molecule has 1 fully saturated rings. The number of piperidine rings is 1. The Morgan fingerprint density at radius 1 is 1.06 bits per heavy atom. The highest BCUT2D eigenvalue weighted by Gasteiger charge is 2.25. The van der Waals surface area contributed by atoms with Gasteiger partial charge in [-0.05, 0) is 69.2 Å². The molecular formula is C27H30N4O2. The van der Waals surface area contributed by atoms with Gasteiger partial charge in [0.05, 0.1) is 18.2 Å². The van der Waals surface area contributed by atoms with Crippen molar-refractivity contribution < 1.29 is 9.53 Å². The van der Waals surface area contributed by atoms with E-state index in [0.29, 0.717) is 30.3 Å². The summed E-state index contributed by atoms with van der Waals surface area (Å²) >= 11 is 0. The topological polar surface area (TPSA) is 61.5 Å². The Balaban J connectivity index is 1.30. The number of nitrogens with zero attached hydrogens (tertiary/aromatic N) is 4. The highest BCUT2D eigenvalue weighted by atomic mass is 16.5. The molecule has 2 aliphatic heterocycles. The van der Waals surface area contributed by atoms with E-state index in [-0.39, 0.29) is 12.0 Å². The zero-order valence-electron chi connectivity index (χ0n) is 19.3. The molecule has 0 spiro atoms. The normalized spacial score (nSPS) is 17.2. The summed E-state index contributed by atoms with van der Waals surface area (Å²) in [7, 11) is 0. The maximum absolute atomic E-state index is 13.0. The van der Waals surface area contributed by atoms with Crippen LogP contribution < -0.4 is 4.74 Å². The first-order valence-electron chi connectivity index (χ1n) is 11.8. The van der Waals surface area contributed by atoms with Crippen LogP contribution >= 0.6 is 0 Å². The minimum atomic E-state index is -0.0274. The summed E-state index contributed by atoms with van der Waals surface area (Å²) in [5.41, 5.74) is 3.39. The van der Waals surface area contributed by atoms with Crippen LogP contribution in [-0.4, -0.2) is 52.1 Å². The van der Waals surface area contributed by atoms with E-state index in [1.807, 2.05) is 4.90 Å². The summed E-state index contributed by atoms with van der Waals surface area (Å²) < 4.78 is 8.64. The monoisotopic (exact) mass is 442 g/mol. The second-order valence-corrected chi connectivity index (χ2v) is 9.37. The van der Waals surface area contributed by atoms with E-state index in [9.17, 15) is 4.79 Å². The molecule has 0 unspecified atom stereocenters. The van der Waals surface area contributed by atoms with Gasteiger partial charge in [0.2, 0.25) is 0 Å². The van der Waals surface area contributed by atoms with Crippen molar-refractivity contribution in [1.82, 2.24) is 14.4 Å². The molecule has 2 aromatic carbocycles. The van der Waals surface area contributed by atoms with Gasteiger partial charge in [-0.25, -0.2) is 0 Å². The Kier molecular flexibility index (Phi) is 5.82. The van der Waals surface area contributed by atoms with Crippen LogP contribution in [0.25, 0.3) is 10.9 Å². The SMILES string of the molecule is CC(C)N1CCC(Oc2ccc3c(c2)cc2n3CCN(C(=O)c3cccc(C#N)c3)C2)CC1. The van der Waals surface area contributed by atoms with Crippen molar-refractivity contribution in [2.45, 2.75) is 51.9 Å². The fourth-order valence-electron chi connectivity index (χ4n) is 5.05. The number of amides is 1. The first-order chi connectivity index (χ1) is 16.0. The van der Waals surface area contributed by atoms with Crippen LogP contribution in [0.1, 0.15) is 48.3 Å². The minimum Gasteiger partial charge on any atom is -0.490 e. The van der Waals surface area contributed by atoms with E-state index in [4.69, 9.17) is 10.00 Å². The van der Waals surface area contributed by atoms with Crippen LogP contribution in [0, 0.1) is 11.3 Å². The third-order valence-electron chi connectivity index (χ3n) is 6.94.